The quantitative estimate of drug-likeness (QED) is 0.733. The van der Waals surface area contributed by atoms with E-state index >= 15 is 0 Å². The second-order valence-electron chi connectivity index (χ2n) is 8.61. The molecule has 0 aliphatic heterocycles. The molecule has 0 atom stereocenters. The van der Waals surface area contributed by atoms with E-state index in [1.807, 2.05) is 6.92 Å². The molecule has 1 aromatic rings. The van der Waals surface area contributed by atoms with Gasteiger partial charge >= 0.3 is 0 Å². The zero-order chi connectivity index (χ0) is 19.1. The third-order valence-corrected chi connectivity index (χ3v) is 8.46. The Bertz CT molecular complexity index is 731. The lowest BCUT2D eigenvalue weighted by molar-refractivity contribution is -0.185. The molecule has 1 aromatic carbocycles. The van der Waals surface area contributed by atoms with Crippen molar-refractivity contribution in [2.24, 2.45) is 23.7 Å². The van der Waals surface area contributed by atoms with Crippen LogP contribution in [0, 0.1) is 23.7 Å². The minimum absolute atomic E-state index is 0.279. The highest BCUT2D eigenvalue weighted by Crippen LogP contribution is 2.59. The van der Waals surface area contributed by atoms with Gasteiger partial charge in [-0.3, -0.25) is 0 Å². The Labute approximate surface area is 162 Å². The molecule has 4 fully saturated rings. The van der Waals surface area contributed by atoms with Gasteiger partial charge in [0.2, 0.25) is 10.0 Å². The first kappa shape index (κ1) is 19.2. The summed E-state index contributed by atoms with van der Waals surface area (Å²) in [7, 11) is -1.80. The topological polar surface area (TPSA) is 64.6 Å². The van der Waals surface area contributed by atoms with Crippen LogP contribution in [0.5, 0.6) is 5.75 Å². The lowest BCUT2D eigenvalue weighted by atomic mass is 9.50. The molecule has 0 unspecified atom stereocenters. The number of benzene rings is 1. The van der Waals surface area contributed by atoms with Crippen LogP contribution in [0.2, 0.25) is 0 Å². The van der Waals surface area contributed by atoms with E-state index in [-0.39, 0.29) is 10.5 Å². The molecule has 6 heteroatoms. The molecule has 150 valence electrons. The maximum absolute atomic E-state index is 12.8. The smallest absolute Gasteiger partial charge is 0.240 e. The van der Waals surface area contributed by atoms with Crippen LogP contribution in [0.3, 0.4) is 0 Å². The van der Waals surface area contributed by atoms with Gasteiger partial charge in [-0.1, -0.05) is 6.92 Å². The summed E-state index contributed by atoms with van der Waals surface area (Å²) < 4.78 is 40.2. The Morgan fingerprint density at radius 1 is 1.04 bits per heavy atom. The van der Waals surface area contributed by atoms with E-state index in [4.69, 9.17) is 9.47 Å². The predicted molar refractivity (Wildman–Crippen MR) is 104 cm³/mol. The zero-order valence-electron chi connectivity index (χ0n) is 16.3. The fraction of sp³-hybridized carbons (Fsp3) is 0.714. The summed E-state index contributed by atoms with van der Waals surface area (Å²) in [6, 6.07) is 6.67. The van der Waals surface area contributed by atoms with E-state index < -0.39 is 10.0 Å². The van der Waals surface area contributed by atoms with Crippen LogP contribution in [0.25, 0.3) is 0 Å². The van der Waals surface area contributed by atoms with Crippen LogP contribution in [0.1, 0.15) is 45.4 Å². The largest absolute Gasteiger partial charge is 0.494 e. The van der Waals surface area contributed by atoms with Gasteiger partial charge in [0.25, 0.3) is 0 Å². The highest BCUT2D eigenvalue weighted by molar-refractivity contribution is 7.89. The van der Waals surface area contributed by atoms with Crippen LogP contribution < -0.4 is 9.46 Å². The van der Waals surface area contributed by atoms with Gasteiger partial charge in [0.15, 0.2) is 0 Å². The second kappa shape index (κ2) is 7.37. The average Bonchev–Trinajstić information content (AvgIpc) is 2.66. The van der Waals surface area contributed by atoms with E-state index in [0.717, 1.165) is 18.3 Å². The van der Waals surface area contributed by atoms with Crippen LogP contribution >= 0.6 is 0 Å². The van der Waals surface area contributed by atoms with E-state index in [9.17, 15) is 8.42 Å². The van der Waals surface area contributed by atoms with Crippen LogP contribution in [-0.2, 0) is 14.8 Å². The van der Waals surface area contributed by atoms with E-state index in [1.165, 1.54) is 32.1 Å². The van der Waals surface area contributed by atoms with Gasteiger partial charge < -0.3 is 9.47 Å². The van der Waals surface area contributed by atoms with Crippen molar-refractivity contribution in [3.63, 3.8) is 0 Å². The summed E-state index contributed by atoms with van der Waals surface area (Å²) >= 11 is 0. The molecule has 4 aliphatic rings. The number of nitrogens with one attached hydrogen (secondary N) is 1. The predicted octanol–water partition coefficient (Wildman–Crippen LogP) is 3.60. The molecule has 4 bridgehead atoms. The Morgan fingerprint density at radius 3 is 2.15 bits per heavy atom. The van der Waals surface area contributed by atoms with Gasteiger partial charge in [0.05, 0.1) is 17.1 Å². The molecule has 0 heterocycles. The molecule has 27 heavy (non-hydrogen) atoms. The van der Waals surface area contributed by atoms with Gasteiger partial charge in [-0.2, -0.15) is 0 Å². The van der Waals surface area contributed by atoms with Crippen molar-refractivity contribution in [2.75, 3.05) is 20.3 Å². The van der Waals surface area contributed by atoms with Crippen molar-refractivity contribution >= 4 is 10.0 Å². The molecule has 0 saturated heterocycles. The van der Waals surface area contributed by atoms with Crippen molar-refractivity contribution in [1.29, 1.82) is 0 Å². The molecule has 0 spiro atoms. The number of ether oxygens (including phenoxy) is 2. The summed E-state index contributed by atoms with van der Waals surface area (Å²) in [6.45, 7) is 3.04. The van der Waals surface area contributed by atoms with Gasteiger partial charge in [-0.05, 0) is 86.5 Å². The van der Waals surface area contributed by atoms with Gasteiger partial charge in [-0.25, -0.2) is 13.1 Å². The Morgan fingerprint density at radius 2 is 1.63 bits per heavy atom. The lowest BCUT2D eigenvalue weighted by Crippen LogP contribution is -2.63. The number of hydrogen-bond donors (Lipinski definition) is 1. The minimum Gasteiger partial charge on any atom is -0.494 e. The molecule has 1 N–H and O–H groups in total. The third-order valence-electron chi connectivity index (χ3n) is 7.05. The maximum atomic E-state index is 12.8. The van der Waals surface area contributed by atoms with Crippen LogP contribution in [0.15, 0.2) is 29.2 Å². The first-order chi connectivity index (χ1) is 13.0. The van der Waals surface area contributed by atoms with E-state index in [0.29, 0.717) is 30.7 Å². The number of rotatable bonds is 8. The first-order valence-corrected chi connectivity index (χ1v) is 11.7. The van der Waals surface area contributed by atoms with Crippen molar-refractivity contribution < 1.29 is 17.9 Å². The molecular formula is C21H31NO4S. The standard InChI is InChI=1S/C21H31NO4S/c1-3-8-26-19-4-6-20(7-5-19)27(23,24)22-14-21(25-2)17-10-15-9-16(12-17)13-18(21)11-15/h4-7,15-18,22H,3,8-14H2,1-2H3. The van der Waals surface area contributed by atoms with Gasteiger partial charge in [0.1, 0.15) is 5.75 Å². The van der Waals surface area contributed by atoms with Crippen molar-refractivity contribution in [1.82, 2.24) is 4.72 Å². The fourth-order valence-corrected chi connectivity index (χ4v) is 6.98. The van der Waals surface area contributed by atoms with Crippen molar-refractivity contribution in [3.05, 3.63) is 24.3 Å². The number of methoxy groups -OCH3 is 1. The number of hydrogen-bond acceptors (Lipinski definition) is 4. The van der Waals surface area contributed by atoms with Crippen LogP contribution in [0.4, 0.5) is 0 Å². The third kappa shape index (κ3) is 3.52. The molecule has 5 nitrogen and oxygen atoms in total. The summed E-state index contributed by atoms with van der Waals surface area (Å²) in [4.78, 5) is 0.279. The summed E-state index contributed by atoms with van der Waals surface area (Å²) in [5, 5.41) is 0. The first-order valence-electron chi connectivity index (χ1n) is 10.2. The zero-order valence-corrected chi connectivity index (χ0v) is 17.1. The highest BCUT2D eigenvalue weighted by Gasteiger charge is 2.57. The second-order valence-corrected chi connectivity index (χ2v) is 10.4. The molecule has 0 radical (unpaired) electrons. The molecule has 5 rings (SSSR count). The van der Waals surface area contributed by atoms with Gasteiger partial charge in [-0.15, -0.1) is 0 Å². The molecule has 4 saturated carbocycles. The Kier molecular flexibility index (Phi) is 5.25. The Balaban J connectivity index is 1.46. The van der Waals surface area contributed by atoms with Gasteiger partial charge in [0, 0.05) is 13.7 Å². The average molecular weight is 394 g/mol. The van der Waals surface area contributed by atoms with E-state index in [1.54, 1.807) is 31.4 Å². The van der Waals surface area contributed by atoms with E-state index in [2.05, 4.69) is 4.72 Å². The summed E-state index contributed by atoms with van der Waals surface area (Å²) in [6.07, 6.45) is 7.03. The summed E-state index contributed by atoms with van der Waals surface area (Å²) in [5.41, 5.74) is -0.343. The van der Waals surface area contributed by atoms with Crippen molar-refractivity contribution in [3.8, 4) is 5.75 Å². The van der Waals surface area contributed by atoms with Crippen LogP contribution in [-0.4, -0.2) is 34.3 Å². The lowest BCUT2D eigenvalue weighted by Gasteiger charge is -2.60. The Hall–Kier alpha value is -1.11. The SMILES string of the molecule is CCCOc1ccc(S(=O)(=O)NCC2(OC)C3CC4CC(C3)CC2C4)cc1. The van der Waals surface area contributed by atoms with Crippen molar-refractivity contribution in [2.45, 2.75) is 55.9 Å². The normalized spacial score (nSPS) is 34.7. The summed E-state index contributed by atoms with van der Waals surface area (Å²) in [5.74, 6) is 3.30. The molecule has 4 aliphatic carbocycles. The molecular weight excluding hydrogens is 362 g/mol. The highest BCUT2D eigenvalue weighted by atomic mass is 32.2. The number of sulfonamides is 1. The molecule has 0 amide bonds. The fourth-order valence-electron chi connectivity index (χ4n) is 5.90. The molecule has 0 aromatic heterocycles. The monoisotopic (exact) mass is 393 g/mol. The maximum Gasteiger partial charge on any atom is 0.240 e. The minimum atomic E-state index is -3.56.